The molecule has 1 aromatic carbocycles. The number of phenols is 1. The molecule has 0 amide bonds. The highest BCUT2D eigenvalue weighted by Gasteiger charge is 2.29. The predicted molar refractivity (Wildman–Crippen MR) is 179 cm³/mol. The molecule has 2 heterocycles. The lowest BCUT2D eigenvalue weighted by Gasteiger charge is -2.29. The third kappa shape index (κ3) is 11.3. The zero-order valence-electron chi connectivity index (χ0n) is 27.3. The number of phenolic OH excluding ortho intramolecular Hbond substituents is 1. The number of aliphatic hydroxyl groups is 1. The van der Waals surface area contributed by atoms with Crippen molar-refractivity contribution in [3.05, 3.63) is 71.2 Å². The molecule has 0 aliphatic rings. The molecule has 246 valence electrons. The fourth-order valence-corrected chi connectivity index (χ4v) is 6.30. The van der Waals surface area contributed by atoms with E-state index in [1.54, 1.807) is 24.5 Å². The van der Waals surface area contributed by atoms with E-state index in [0.717, 1.165) is 55.3 Å². The highest BCUT2D eigenvalue weighted by Crippen LogP contribution is 2.43. The number of hydrogen-bond donors (Lipinski definition) is 3. The first kappa shape index (κ1) is 35.8. The van der Waals surface area contributed by atoms with E-state index in [0.29, 0.717) is 36.6 Å². The molecule has 0 spiro atoms. The largest absolute Gasteiger partial charge is 0.668 e. The van der Waals surface area contributed by atoms with Gasteiger partial charge in [-0.05, 0) is 54.0 Å². The van der Waals surface area contributed by atoms with E-state index in [1.165, 1.54) is 20.0 Å². The van der Waals surface area contributed by atoms with Crippen molar-refractivity contribution < 1.29 is 24.5 Å². The number of carbonyl (C=O) groups excluding carboxylic acids is 2. The summed E-state index contributed by atoms with van der Waals surface area (Å²) in [4.78, 5) is 34.5. The summed E-state index contributed by atoms with van der Waals surface area (Å²) in [5, 5.41) is 21.9. The first-order valence-corrected chi connectivity index (χ1v) is 16.6. The van der Waals surface area contributed by atoms with Crippen LogP contribution in [0.2, 0.25) is 0 Å². The van der Waals surface area contributed by atoms with E-state index in [-0.39, 0.29) is 48.4 Å². The molecule has 0 saturated heterocycles. The molecule has 3 aromatic rings. The second-order valence-corrected chi connectivity index (χ2v) is 12.3. The zero-order valence-corrected chi connectivity index (χ0v) is 27.3. The summed E-state index contributed by atoms with van der Waals surface area (Å²) < 4.78 is 5.55. The second-order valence-electron chi connectivity index (χ2n) is 12.3. The fourth-order valence-electron chi connectivity index (χ4n) is 6.30. The third-order valence-electron chi connectivity index (χ3n) is 8.71. The molecular weight excluding hydrogens is 566 g/mol. The molecule has 4 N–H and O–H groups in total. The molecule has 0 aliphatic carbocycles. The van der Waals surface area contributed by atoms with Crippen molar-refractivity contribution >= 4 is 17.4 Å². The van der Waals surface area contributed by atoms with Gasteiger partial charge in [0.25, 0.3) is 0 Å². The minimum absolute atomic E-state index is 0.0317. The van der Waals surface area contributed by atoms with Gasteiger partial charge in [-0.3, -0.25) is 9.59 Å². The first-order valence-electron chi connectivity index (χ1n) is 16.6. The Kier molecular flexibility index (Phi) is 15.1. The van der Waals surface area contributed by atoms with Gasteiger partial charge in [-0.2, -0.15) is 11.9 Å². The van der Waals surface area contributed by atoms with Gasteiger partial charge in [0.15, 0.2) is 11.5 Å². The van der Waals surface area contributed by atoms with Crippen molar-refractivity contribution in [1.29, 1.82) is 0 Å². The number of ketones is 2. The lowest BCUT2D eigenvalue weighted by molar-refractivity contribution is -0.127. The average Bonchev–Trinajstić information content (AvgIpc) is 3.54. The number of aromatic hydroxyl groups is 1. The summed E-state index contributed by atoms with van der Waals surface area (Å²) in [5.41, 5.74) is 9.03. The number of anilines is 1. The maximum atomic E-state index is 13.0. The lowest BCUT2D eigenvalue weighted by atomic mass is 9.78. The quantitative estimate of drug-likeness (QED) is 0.0813. The van der Waals surface area contributed by atoms with Crippen molar-refractivity contribution in [1.82, 2.24) is 9.97 Å². The van der Waals surface area contributed by atoms with Gasteiger partial charge < -0.3 is 25.7 Å². The number of nitrogens with zero attached hydrogens (tertiary/aromatic N) is 2. The SMILES string of the molecule is CCCCCC(CCCCC)CC(=O)CC(=O)CCc1cc(OC)c(O)c(C(c2ccnc(N)c2)C(CO)Cc2ccc[n-]2)c1. The van der Waals surface area contributed by atoms with Crippen LogP contribution < -0.4 is 15.5 Å². The number of hydrogen-bond acceptors (Lipinski definition) is 7. The molecule has 2 atom stereocenters. The van der Waals surface area contributed by atoms with Crippen LogP contribution in [0.1, 0.15) is 113 Å². The van der Waals surface area contributed by atoms with Crippen LogP contribution >= 0.6 is 0 Å². The van der Waals surface area contributed by atoms with Crippen LogP contribution in [0.3, 0.4) is 0 Å². The van der Waals surface area contributed by atoms with Gasteiger partial charge in [0.05, 0.1) is 13.5 Å². The Labute approximate surface area is 268 Å². The number of rotatable bonds is 22. The van der Waals surface area contributed by atoms with Crippen LogP contribution in [-0.4, -0.2) is 40.5 Å². The topological polar surface area (TPSA) is 137 Å². The monoisotopic (exact) mass is 618 g/mol. The number of benzene rings is 1. The molecule has 0 radical (unpaired) electrons. The van der Waals surface area contributed by atoms with Crippen molar-refractivity contribution in [3.63, 3.8) is 0 Å². The Morgan fingerprint density at radius 2 is 1.76 bits per heavy atom. The second kappa shape index (κ2) is 19.0. The Morgan fingerprint density at radius 3 is 2.36 bits per heavy atom. The van der Waals surface area contributed by atoms with Crippen LogP contribution in [0.4, 0.5) is 5.82 Å². The Balaban J connectivity index is 1.78. The molecule has 3 rings (SSSR count). The summed E-state index contributed by atoms with van der Waals surface area (Å²) in [5.74, 6) is 0.0888. The summed E-state index contributed by atoms with van der Waals surface area (Å²) in [6, 6.07) is 10.9. The van der Waals surface area contributed by atoms with Crippen LogP contribution in [0, 0.1) is 11.8 Å². The highest BCUT2D eigenvalue weighted by atomic mass is 16.5. The van der Waals surface area contributed by atoms with Gasteiger partial charge in [0.1, 0.15) is 17.4 Å². The van der Waals surface area contributed by atoms with Crippen LogP contribution in [0.15, 0.2) is 48.8 Å². The van der Waals surface area contributed by atoms with E-state index in [4.69, 9.17) is 10.5 Å². The van der Waals surface area contributed by atoms with Gasteiger partial charge in [0, 0.05) is 37.1 Å². The van der Waals surface area contributed by atoms with Gasteiger partial charge in [0.2, 0.25) is 0 Å². The van der Waals surface area contributed by atoms with Gasteiger partial charge in [-0.1, -0.05) is 83.4 Å². The number of nitrogens with two attached hydrogens (primary N) is 1. The number of pyridine rings is 1. The number of aryl methyl sites for hydroxylation is 1. The lowest BCUT2D eigenvalue weighted by Crippen LogP contribution is -2.22. The smallest absolute Gasteiger partial charge is 0.161 e. The molecule has 8 nitrogen and oxygen atoms in total. The van der Waals surface area contributed by atoms with Crippen molar-refractivity contribution in [2.45, 2.75) is 103 Å². The highest BCUT2D eigenvalue weighted by molar-refractivity contribution is 5.99. The minimum atomic E-state index is -0.458. The number of Topliss-reactive ketones (excluding diaryl/α,β-unsaturated/α-hetero) is 2. The van der Waals surface area contributed by atoms with Gasteiger partial charge in [-0.25, -0.2) is 4.98 Å². The number of carbonyl (C=O) groups is 2. The van der Waals surface area contributed by atoms with E-state index in [9.17, 15) is 19.8 Å². The summed E-state index contributed by atoms with van der Waals surface area (Å²) >= 11 is 0. The van der Waals surface area contributed by atoms with E-state index in [2.05, 4.69) is 23.8 Å². The van der Waals surface area contributed by atoms with Crippen LogP contribution in [0.25, 0.3) is 0 Å². The number of unbranched alkanes of at least 4 members (excludes halogenated alkanes) is 4. The van der Waals surface area contributed by atoms with Crippen molar-refractivity contribution in [2.24, 2.45) is 11.8 Å². The number of aromatic nitrogens is 2. The van der Waals surface area contributed by atoms with Gasteiger partial charge in [-0.15, -0.1) is 0 Å². The molecule has 0 bridgehead atoms. The Morgan fingerprint density at radius 1 is 1.02 bits per heavy atom. The van der Waals surface area contributed by atoms with Crippen LogP contribution in [0.5, 0.6) is 11.5 Å². The Bertz CT molecular complexity index is 1310. The Hall–Kier alpha value is -3.65. The number of methoxy groups -OCH3 is 1. The molecule has 0 saturated carbocycles. The van der Waals surface area contributed by atoms with E-state index < -0.39 is 5.92 Å². The summed E-state index contributed by atoms with van der Waals surface area (Å²) in [7, 11) is 1.49. The number of ether oxygens (including phenoxy) is 1. The predicted octanol–water partition coefficient (Wildman–Crippen LogP) is 6.95. The molecule has 2 unspecified atom stereocenters. The molecule has 2 aromatic heterocycles. The van der Waals surface area contributed by atoms with Crippen molar-refractivity contribution in [2.75, 3.05) is 19.5 Å². The number of aliphatic hydroxyl groups excluding tert-OH is 1. The molecule has 45 heavy (non-hydrogen) atoms. The summed E-state index contributed by atoms with van der Waals surface area (Å²) in [6.45, 7) is 4.21. The van der Waals surface area contributed by atoms with Crippen LogP contribution in [-0.2, 0) is 22.4 Å². The zero-order chi connectivity index (χ0) is 32.6. The van der Waals surface area contributed by atoms with E-state index >= 15 is 0 Å². The third-order valence-corrected chi connectivity index (χ3v) is 8.71. The van der Waals surface area contributed by atoms with E-state index in [1.807, 2.05) is 24.3 Å². The normalized spacial score (nSPS) is 12.7. The fraction of sp³-hybridized carbons (Fsp3) is 0.541. The standard InChI is InChI=1S/C37H52N3O5/c1-4-6-8-11-26(12-9-7-5-2)19-32(43)24-31(42)15-14-27-20-33(37(44)34(21-27)45-3)36(28-16-18-40-35(38)23-28)29(25-41)22-30-13-10-17-39-30/h10,13,16-18,20-21,23,26,29,36,41,44H,4-9,11-12,14-15,19,22,24-25H2,1-3H3,(H2,38,40)/q-1. The molecular formula is C37H52N3O5-. The van der Waals surface area contributed by atoms with Gasteiger partial charge >= 0.3 is 0 Å². The average molecular weight is 619 g/mol. The molecule has 8 heteroatoms. The maximum absolute atomic E-state index is 13.0. The molecule has 0 fully saturated rings. The summed E-state index contributed by atoms with van der Waals surface area (Å²) in [6.07, 6.45) is 13.9. The minimum Gasteiger partial charge on any atom is -0.668 e. The van der Waals surface area contributed by atoms with Crippen molar-refractivity contribution in [3.8, 4) is 11.5 Å². The number of nitrogen functional groups attached to an aromatic ring is 1. The first-order chi connectivity index (χ1) is 21.8. The molecule has 0 aliphatic heterocycles. The maximum Gasteiger partial charge on any atom is 0.161 e.